The van der Waals surface area contributed by atoms with Crippen molar-refractivity contribution in [3.63, 3.8) is 0 Å². The van der Waals surface area contributed by atoms with Crippen LogP contribution in [0, 0.1) is 17.0 Å². The van der Waals surface area contributed by atoms with Gasteiger partial charge in [0.1, 0.15) is 5.49 Å². The van der Waals surface area contributed by atoms with Gasteiger partial charge < -0.3 is 0 Å². The molecule has 1 heterocycles. The number of rotatable bonds is 3. The van der Waals surface area contributed by atoms with Crippen molar-refractivity contribution in [1.82, 2.24) is 4.57 Å². The van der Waals surface area contributed by atoms with E-state index in [-0.39, 0.29) is 23.2 Å². The summed E-state index contributed by atoms with van der Waals surface area (Å²) in [5, 5.41) is 11.0. The lowest BCUT2D eigenvalue weighted by molar-refractivity contribution is -0.385. The first-order chi connectivity index (χ1) is 10.4. The Kier molecular flexibility index (Phi) is 4.50. The van der Waals surface area contributed by atoms with Crippen molar-refractivity contribution in [2.75, 3.05) is 0 Å². The quantitative estimate of drug-likeness (QED) is 0.645. The van der Waals surface area contributed by atoms with Crippen molar-refractivity contribution in [2.45, 2.75) is 26.8 Å². The van der Waals surface area contributed by atoms with Gasteiger partial charge in [-0.2, -0.15) is 0 Å². The number of nitro groups is 1. The van der Waals surface area contributed by atoms with Gasteiger partial charge in [-0.25, -0.2) is 0 Å². The third kappa shape index (κ3) is 3.28. The van der Waals surface area contributed by atoms with Crippen molar-refractivity contribution < 1.29 is 9.72 Å². The van der Waals surface area contributed by atoms with Crippen LogP contribution < -0.4 is 5.49 Å². The topological polar surface area (TPSA) is 77.5 Å². The molecular weight excluding hydrogens is 282 g/mol. The zero-order chi connectivity index (χ0) is 16.3. The monoisotopic (exact) mass is 299 g/mol. The van der Waals surface area contributed by atoms with Crippen molar-refractivity contribution in [3.05, 3.63) is 69.3 Å². The Morgan fingerprint density at radius 1 is 1.27 bits per heavy atom. The Hall–Kier alpha value is -2.76. The average Bonchev–Trinajstić information content (AvgIpc) is 2.46. The third-order valence-electron chi connectivity index (χ3n) is 3.10. The van der Waals surface area contributed by atoms with Crippen LogP contribution >= 0.6 is 0 Å². The van der Waals surface area contributed by atoms with E-state index in [1.807, 2.05) is 13.8 Å². The maximum atomic E-state index is 12.6. The smallest absolute Gasteiger partial charge is 0.268 e. The van der Waals surface area contributed by atoms with Gasteiger partial charge in [-0.15, -0.1) is 0 Å². The first-order valence-electron chi connectivity index (χ1n) is 6.91. The number of hydrogen-bond acceptors (Lipinski definition) is 4. The molecule has 0 unspecified atom stereocenters. The van der Waals surface area contributed by atoms with Crippen LogP contribution in [0.2, 0.25) is 0 Å². The van der Waals surface area contributed by atoms with Gasteiger partial charge in [-0.3, -0.25) is 24.5 Å². The van der Waals surface area contributed by atoms with Gasteiger partial charge in [0, 0.05) is 29.4 Å². The van der Waals surface area contributed by atoms with E-state index in [1.165, 1.54) is 10.6 Å². The normalized spacial score (nSPS) is 11.7. The van der Waals surface area contributed by atoms with Crippen LogP contribution in [0.4, 0.5) is 5.69 Å². The van der Waals surface area contributed by atoms with Crippen molar-refractivity contribution in [2.24, 2.45) is 4.99 Å². The molecule has 0 bridgehead atoms. The average molecular weight is 299 g/mol. The lowest BCUT2D eigenvalue weighted by atomic mass is 10.1. The highest BCUT2D eigenvalue weighted by Gasteiger charge is 2.16. The zero-order valence-electron chi connectivity index (χ0n) is 12.7. The molecule has 0 aliphatic carbocycles. The summed E-state index contributed by atoms with van der Waals surface area (Å²) in [6.07, 6.45) is 1.61. The van der Waals surface area contributed by atoms with E-state index in [0.29, 0.717) is 11.1 Å². The van der Waals surface area contributed by atoms with Crippen LogP contribution in [0.15, 0.2) is 47.6 Å². The van der Waals surface area contributed by atoms with Gasteiger partial charge in [-0.1, -0.05) is 12.1 Å². The number of carbonyl (C=O) groups excluding carboxylic acids is 1. The molecule has 2 rings (SSSR count). The van der Waals surface area contributed by atoms with Crippen LogP contribution in [0.1, 0.15) is 29.8 Å². The fourth-order valence-electron chi connectivity index (χ4n) is 2.05. The largest absolute Gasteiger partial charge is 0.273 e. The highest BCUT2D eigenvalue weighted by Crippen LogP contribution is 2.19. The van der Waals surface area contributed by atoms with E-state index < -0.39 is 4.92 Å². The molecule has 0 aliphatic rings. The number of aromatic nitrogens is 1. The van der Waals surface area contributed by atoms with Gasteiger partial charge in [0.25, 0.3) is 11.6 Å². The van der Waals surface area contributed by atoms with Crippen molar-refractivity contribution >= 4 is 11.6 Å². The van der Waals surface area contributed by atoms with Crippen LogP contribution in [0.25, 0.3) is 0 Å². The fraction of sp³-hybridized carbons (Fsp3) is 0.250. The van der Waals surface area contributed by atoms with Crippen molar-refractivity contribution in [1.29, 1.82) is 0 Å². The summed E-state index contributed by atoms with van der Waals surface area (Å²) in [6, 6.07) is 9.76. The molecule has 0 atom stereocenters. The van der Waals surface area contributed by atoms with E-state index in [9.17, 15) is 14.9 Å². The lowest BCUT2D eigenvalue weighted by Crippen LogP contribution is -2.28. The van der Waals surface area contributed by atoms with Gasteiger partial charge in [0.05, 0.1) is 4.92 Å². The van der Waals surface area contributed by atoms with E-state index >= 15 is 0 Å². The number of nitrogens with zero attached hydrogens (tertiary/aromatic N) is 3. The summed E-state index contributed by atoms with van der Waals surface area (Å²) in [5.41, 5.74) is 1.23. The van der Waals surface area contributed by atoms with Gasteiger partial charge in [0.15, 0.2) is 0 Å². The molecule has 0 spiro atoms. The van der Waals surface area contributed by atoms with Gasteiger partial charge >= 0.3 is 0 Å². The van der Waals surface area contributed by atoms with E-state index in [2.05, 4.69) is 4.99 Å². The number of nitro benzene ring substituents is 1. The molecule has 1 aromatic heterocycles. The Morgan fingerprint density at radius 2 is 2.00 bits per heavy atom. The minimum atomic E-state index is -0.485. The fourth-order valence-corrected chi connectivity index (χ4v) is 2.05. The summed E-state index contributed by atoms with van der Waals surface area (Å²) in [6.45, 7) is 5.47. The predicted molar refractivity (Wildman–Crippen MR) is 82.7 cm³/mol. The Labute approximate surface area is 127 Å². The van der Waals surface area contributed by atoms with Crippen LogP contribution in [-0.2, 0) is 0 Å². The summed E-state index contributed by atoms with van der Waals surface area (Å²) >= 11 is 0. The van der Waals surface area contributed by atoms with Crippen LogP contribution in [0.5, 0.6) is 0 Å². The minimum Gasteiger partial charge on any atom is -0.268 e. The maximum absolute atomic E-state index is 12.6. The number of aryl methyl sites for hydroxylation is 1. The number of hydrogen-bond donors (Lipinski definition) is 0. The molecule has 0 saturated carbocycles. The predicted octanol–water partition coefficient (Wildman–Crippen LogP) is 2.70. The first kappa shape index (κ1) is 15.6. The van der Waals surface area contributed by atoms with Gasteiger partial charge in [-0.05, 0) is 39.0 Å². The Morgan fingerprint density at radius 3 is 2.64 bits per heavy atom. The molecule has 6 heteroatoms. The summed E-state index contributed by atoms with van der Waals surface area (Å²) in [7, 11) is 0. The van der Waals surface area contributed by atoms with E-state index in [1.54, 1.807) is 43.5 Å². The number of pyridine rings is 1. The van der Waals surface area contributed by atoms with E-state index in [4.69, 9.17) is 0 Å². The van der Waals surface area contributed by atoms with Crippen LogP contribution in [0.3, 0.4) is 0 Å². The number of carbonyl (C=O) groups is 1. The molecule has 2 aromatic rings. The Balaban J connectivity index is 2.54. The lowest BCUT2D eigenvalue weighted by Gasteiger charge is -2.08. The maximum Gasteiger partial charge on any atom is 0.273 e. The van der Waals surface area contributed by atoms with Crippen LogP contribution in [-0.4, -0.2) is 21.4 Å². The molecule has 1 aromatic carbocycles. The second kappa shape index (κ2) is 6.34. The highest BCUT2D eigenvalue weighted by atomic mass is 16.6. The molecule has 0 amide bonds. The molecule has 0 radical (unpaired) electrons. The zero-order valence-corrected chi connectivity index (χ0v) is 12.7. The van der Waals surface area contributed by atoms with Gasteiger partial charge in [0.2, 0.25) is 0 Å². The molecule has 0 N–H and O–H groups in total. The molecule has 6 nitrogen and oxygen atoms in total. The Bertz CT molecular complexity index is 791. The van der Waals surface area contributed by atoms with Crippen molar-refractivity contribution in [3.8, 4) is 0 Å². The summed E-state index contributed by atoms with van der Waals surface area (Å²) in [4.78, 5) is 27.5. The molecule has 0 fully saturated rings. The third-order valence-corrected chi connectivity index (χ3v) is 3.10. The molecular formula is C16H17N3O3. The molecule has 114 valence electrons. The molecule has 22 heavy (non-hydrogen) atoms. The molecule has 0 saturated heterocycles. The SMILES string of the molecule is Cc1ccc(C(=O)n2ccccc2=NC(C)C)cc1[N+](=O)[O-]. The second-order valence-corrected chi connectivity index (χ2v) is 5.22. The summed E-state index contributed by atoms with van der Waals surface area (Å²) in [5.74, 6) is -0.344. The number of benzene rings is 1. The second-order valence-electron chi connectivity index (χ2n) is 5.22. The molecule has 0 aliphatic heterocycles. The summed E-state index contributed by atoms with van der Waals surface area (Å²) < 4.78 is 1.40. The first-order valence-corrected chi connectivity index (χ1v) is 6.91. The standard InChI is InChI=1S/C16H17N3O3/c1-11(2)17-15-6-4-5-9-18(15)16(20)13-8-7-12(3)14(10-13)19(21)22/h4-11H,1-3H3. The minimum absolute atomic E-state index is 0.0359. The highest BCUT2D eigenvalue weighted by molar-refractivity contribution is 5.96. The van der Waals surface area contributed by atoms with E-state index in [0.717, 1.165) is 0 Å².